The van der Waals surface area contributed by atoms with Gasteiger partial charge in [0.1, 0.15) is 11.8 Å². The summed E-state index contributed by atoms with van der Waals surface area (Å²) in [6.07, 6.45) is 1.22. The van der Waals surface area contributed by atoms with Crippen molar-refractivity contribution in [3.8, 4) is 11.4 Å². The number of hydrogen-bond donors (Lipinski definition) is 0. The highest BCUT2D eigenvalue weighted by molar-refractivity contribution is 9.10. The van der Waals surface area contributed by atoms with Crippen LogP contribution in [-0.4, -0.2) is 4.98 Å². The zero-order chi connectivity index (χ0) is 16.0. The summed E-state index contributed by atoms with van der Waals surface area (Å²) in [6, 6.07) is 14.4. The van der Waals surface area contributed by atoms with E-state index in [1.807, 2.05) is 24.3 Å². The minimum absolute atomic E-state index is 0.164. The molecular weight excluding hydrogens is 360 g/mol. The Balaban J connectivity index is 2.13. The third kappa shape index (κ3) is 2.27. The molecule has 0 N–H and O–H groups in total. The topological polar surface area (TPSA) is 70.0 Å². The Labute approximate surface area is 138 Å². The molecule has 5 nitrogen and oxygen atoms in total. The Hall–Kier alpha value is -2.73. The Bertz CT molecular complexity index is 1120. The Morgan fingerprint density at radius 2 is 1.91 bits per heavy atom. The standard InChI is InChI=1S/C17H9BrN2O3/c18-11-5-3-4-10(8-11)16-19-15-12-6-1-2-7-14(12)23-17(21)13(15)9-20(16)22/h1-9H. The van der Waals surface area contributed by atoms with Crippen LogP contribution in [0.25, 0.3) is 33.3 Å². The first-order chi connectivity index (χ1) is 11.1. The maximum Gasteiger partial charge on any atom is 0.351 e. The third-order valence-electron chi connectivity index (χ3n) is 3.58. The molecule has 2 aromatic heterocycles. The molecule has 0 spiro atoms. The summed E-state index contributed by atoms with van der Waals surface area (Å²) >= 11 is 3.38. The molecule has 0 radical (unpaired) electrons. The van der Waals surface area contributed by atoms with E-state index in [9.17, 15) is 10.0 Å². The van der Waals surface area contributed by atoms with Gasteiger partial charge in [-0.25, -0.2) is 9.52 Å². The minimum atomic E-state index is -0.573. The summed E-state index contributed by atoms with van der Waals surface area (Å²) < 4.78 is 6.67. The maximum absolute atomic E-state index is 12.3. The van der Waals surface area contributed by atoms with Crippen LogP contribution >= 0.6 is 15.9 Å². The fraction of sp³-hybridized carbons (Fsp3) is 0. The van der Waals surface area contributed by atoms with E-state index in [4.69, 9.17) is 4.42 Å². The number of para-hydroxylation sites is 1. The summed E-state index contributed by atoms with van der Waals surface area (Å²) in [7, 11) is 0. The van der Waals surface area contributed by atoms with Crippen molar-refractivity contribution in [2.24, 2.45) is 0 Å². The first-order valence-electron chi connectivity index (χ1n) is 6.85. The molecule has 6 heteroatoms. The van der Waals surface area contributed by atoms with Crippen molar-refractivity contribution >= 4 is 37.8 Å². The van der Waals surface area contributed by atoms with Gasteiger partial charge in [-0.05, 0) is 35.3 Å². The van der Waals surface area contributed by atoms with E-state index in [0.29, 0.717) is 26.8 Å². The lowest BCUT2D eigenvalue weighted by molar-refractivity contribution is -0.595. The highest BCUT2D eigenvalue weighted by atomic mass is 79.9. The molecule has 2 aromatic carbocycles. The van der Waals surface area contributed by atoms with Gasteiger partial charge >= 0.3 is 11.4 Å². The molecule has 0 aliphatic rings. The van der Waals surface area contributed by atoms with E-state index in [2.05, 4.69) is 20.9 Å². The molecule has 112 valence electrons. The van der Waals surface area contributed by atoms with E-state index in [-0.39, 0.29) is 11.2 Å². The first-order valence-corrected chi connectivity index (χ1v) is 7.64. The number of halogens is 1. The SMILES string of the molecule is O=c1oc2ccccc2c2nc(-c3cccc(Br)c3)[n+]([O-])cc12. The molecule has 2 heterocycles. The molecule has 0 aliphatic carbocycles. The molecule has 0 unspecified atom stereocenters. The van der Waals surface area contributed by atoms with Crippen LogP contribution in [0.3, 0.4) is 0 Å². The van der Waals surface area contributed by atoms with Gasteiger partial charge in [0.05, 0.1) is 10.9 Å². The van der Waals surface area contributed by atoms with Crippen LogP contribution in [0.4, 0.5) is 0 Å². The number of fused-ring (bicyclic) bond motifs is 3. The summed E-state index contributed by atoms with van der Waals surface area (Å²) in [4.78, 5) is 16.5. The number of aromatic nitrogens is 2. The lowest BCUT2D eigenvalue weighted by Crippen LogP contribution is -2.31. The van der Waals surface area contributed by atoms with Gasteiger partial charge in [-0.2, -0.15) is 0 Å². The summed E-state index contributed by atoms with van der Waals surface area (Å²) in [5.74, 6) is 0.231. The summed E-state index contributed by atoms with van der Waals surface area (Å²) in [5.41, 5.74) is 0.991. The Kier molecular flexibility index (Phi) is 3.12. The smallest absolute Gasteiger partial charge is 0.351 e. The van der Waals surface area contributed by atoms with Crippen LogP contribution < -0.4 is 10.4 Å². The van der Waals surface area contributed by atoms with Gasteiger partial charge < -0.3 is 9.62 Å². The lowest BCUT2D eigenvalue weighted by Gasteiger charge is -2.07. The van der Waals surface area contributed by atoms with Crippen LogP contribution in [0.1, 0.15) is 0 Å². The largest absolute Gasteiger partial charge is 0.710 e. The second kappa shape index (κ2) is 5.17. The van der Waals surface area contributed by atoms with Gasteiger partial charge in [-0.3, -0.25) is 0 Å². The average molecular weight is 369 g/mol. The average Bonchev–Trinajstić information content (AvgIpc) is 2.55. The Morgan fingerprint density at radius 3 is 2.74 bits per heavy atom. The predicted octanol–water partition coefficient (Wildman–Crippen LogP) is 3.40. The second-order valence-corrected chi connectivity index (χ2v) is 5.96. The lowest BCUT2D eigenvalue weighted by atomic mass is 10.1. The molecule has 4 aromatic rings. The van der Waals surface area contributed by atoms with Gasteiger partial charge in [0, 0.05) is 4.47 Å². The number of rotatable bonds is 1. The van der Waals surface area contributed by atoms with Crippen molar-refractivity contribution in [1.82, 2.24) is 4.98 Å². The third-order valence-corrected chi connectivity index (χ3v) is 4.07. The first kappa shape index (κ1) is 13.9. The highest BCUT2D eigenvalue weighted by Crippen LogP contribution is 2.24. The normalized spacial score (nSPS) is 11.2. The van der Waals surface area contributed by atoms with Crippen LogP contribution in [-0.2, 0) is 0 Å². The summed E-state index contributed by atoms with van der Waals surface area (Å²) in [6.45, 7) is 0. The van der Waals surface area contributed by atoms with E-state index in [1.165, 1.54) is 6.20 Å². The zero-order valence-electron chi connectivity index (χ0n) is 11.7. The molecule has 0 aliphatic heterocycles. The molecule has 0 fully saturated rings. The number of hydrogen-bond acceptors (Lipinski definition) is 4. The fourth-order valence-corrected chi connectivity index (χ4v) is 2.93. The van der Waals surface area contributed by atoms with Gasteiger partial charge in [-0.1, -0.05) is 34.1 Å². The zero-order valence-corrected chi connectivity index (χ0v) is 13.3. The Morgan fingerprint density at radius 1 is 1.09 bits per heavy atom. The monoisotopic (exact) mass is 368 g/mol. The molecule has 4 rings (SSSR count). The second-order valence-electron chi connectivity index (χ2n) is 5.05. The highest BCUT2D eigenvalue weighted by Gasteiger charge is 2.19. The van der Waals surface area contributed by atoms with Crippen LogP contribution in [0.2, 0.25) is 0 Å². The molecule has 0 atom stereocenters. The maximum atomic E-state index is 12.3. The number of nitrogens with zero attached hydrogens (tertiary/aromatic N) is 2. The van der Waals surface area contributed by atoms with Gasteiger partial charge in [0.2, 0.25) is 5.52 Å². The van der Waals surface area contributed by atoms with Gasteiger partial charge in [0.25, 0.3) is 0 Å². The van der Waals surface area contributed by atoms with Crippen molar-refractivity contribution in [2.75, 3.05) is 0 Å². The van der Waals surface area contributed by atoms with Crippen molar-refractivity contribution in [1.29, 1.82) is 0 Å². The van der Waals surface area contributed by atoms with Crippen LogP contribution in [0.5, 0.6) is 0 Å². The van der Waals surface area contributed by atoms with Crippen molar-refractivity contribution < 1.29 is 9.15 Å². The van der Waals surface area contributed by atoms with E-state index < -0.39 is 5.63 Å². The molecule has 0 saturated carbocycles. The predicted molar refractivity (Wildman–Crippen MR) is 89.9 cm³/mol. The summed E-state index contributed by atoms with van der Waals surface area (Å²) in [5, 5.41) is 13.1. The molecular formula is C17H9BrN2O3. The molecule has 0 saturated heterocycles. The quantitative estimate of drug-likeness (QED) is 0.223. The van der Waals surface area contributed by atoms with Crippen molar-refractivity contribution in [3.05, 3.63) is 74.8 Å². The van der Waals surface area contributed by atoms with E-state index >= 15 is 0 Å². The van der Waals surface area contributed by atoms with Crippen LogP contribution in [0, 0.1) is 5.21 Å². The van der Waals surface area contributed by atoms with Crippen molar-refractivity contribution in [2.45, 2.75) is 0 Å². The van der Waals surface area contributed by atoms with E-state index in [0.717, 1.165) is 4.47 Å². The molecule has 23 heavy (non-hydrogen) atoms. The molecule has 0 amide bonds. The van der Waals surface area contributed by atoms with Gasteiger partial charge in [0.15, 0.2) is 5.39 Å². The van der Waals surface area contributed by atoms with Crippen LogP contribution in [0.15, 0.2) is 68.4 Å². The van der Waals surface area contributed by atoms with Crippen molar-refractivity contribution in [3.63, 3.8) is 0 Å². The minimum Gasteiger partial charge on any atom is -0.710 e. The number of benzene rings is 2. The fourth-order valence-electron chi connectivity index (χ4n) is 2.54. The van der Waals surface area contributed by atoms with E-state index in [1.54, 1.807) is 24.3 Å². The molecule has 0 bridgehead atoms. The van der Waals surface area contributed by atoms with Gasteiger partial charge in [-0.15, -0.1) is 0 Å².